The van der Waals surface area contributed by atoms with Crippen molar-refractivity contribution in [1.82, 2.24) is 10.2 Å². The van der Waals surface area contributed by atoms with Crippen LogP contribution in [0.25, 0.3) is 0 Å². The van der Waals surface area contributed by atoms with Gasteiger partial charge in [-0.15, -0.1) is 13.2 Å². The largest absolute Gasteiger partial charge is 0.492 e. The quantitative estimate of drug-likeness (QED) is 0.296. The Labute approximate surface area is 170 Å². The van der Waals surface area contributed by atoms with Crippen molar-refractivity contribution in [3.8, 4) is 5.75 Å². The molecule has 1 aromatic rings. The molecule has 1 rings (SSSR count). The van der Waals surface area contributed by atoms with Gasteiger partial charge in [0.1, 0.15) is 5.75 Å². The summed E-state index contributed by atoms with van der Waals surface area (Å²) in [5, 5.41) is 3.09. The Morgan fingerprint density at radius 2 is 1.96 bits per heavy atom. The summed E-state index contributed by atoms with van der Waals surface area (Å²) >= 11 is 8.76. The highest BCUT2D eigenvalue weighted by atomic mass is 79.9. The number of thiocarbonyl (C=S) groups is 1. The number of amides is 1. The maximum absolute atomic E-state index is 12.4. The van der Waals surface area contributed by atoms with Crippen LogP contribution >= 0.6 is 28.1 Å². The molecular weight excluding hydrogens is 412 g/mol. The van der Waals surface area contributed by atoms with Crippen LogP contribution in [-0.4, -0.2) is 35.6 Å². The van der Waals surface area contributed by atoms with E-state index in [2.05, 4.69) is 41.3 Å². The molecule has 0 aliphatic carbocycles. The predicted octanol–water partition coefficient (Wildman–Crippen LogP) is 5.10. The molecule has 0 saturated heterocycles. The molecule has 1 amide bonds. The van der Waals surface area contributed by atoms with Gasteiger partial charge in [0.2, 0.25) is 0 Å². The lowest BCUT2D eigenvalue weighted by Gasteiger charge is -2.22. The zero-order valence-electron chi connectivity index (χ0n) is 15.3. The van der Waals surface area contributed by atoms with Crippen molar-refractivity contribution in [3.05, 3.63) is 53.5 Å². The fourth-order valence-corrected chi connectivity index (χ4v) is 3.01. The first-order valence-electron chi connectivity index (χ1n) is 8.77. The minimum absolute atomic E-state index is 0.261. The van der Waals surface area contributed by atoms with Crippen LogP contribution in [-0.2, 0) is 0 Å². The van der Waals surface area contributed by atoms with E-state index >= 15 is 0 Å². The lowest BCUT2D eigenvalue weighted by molar-refractivity contribution is 0.0973. The Bertz CT molecular complexity index is 624. The van der Waals surface area contributed by atoms with Crippen LogP contribution in [0.15, 0.2) is 48.0 Å². The number of unbranched alkanes of at least 4 members (excludes halogenated alkanes) is 3. The molecular formula is C20H27BrN2O2S. The maximum Gasteiger partial charge on any atom is 0.257 e. The van der Waals surface area contributed by atoms with Crippen molar-refractivity contribution in [2.45, 2.75) is 32.6 Å². The fraction of sp³-hybridized carbons (Fsp3) is 0.400. The smallest absolute Gasteiger partial charge is 0.257 e. The van der Waals surface area contributed by atoms with E-state index in [0.717, 1.165) is 23.1 Å². The number of hydrogen-bond acceptors (Lipinski definition) is 3. The minimum Gasteiger partial charge on any atom is -0.492 e. The summed E-state index contributed by atoms with van der Waals surface area (Å²) in [5.74, 6) is 0.476. The summed E-state index contributed by atoms with van der Waals surface area (Å²) in [6.45, 7) is 11.3. The first-order chi connectivity index (χ1) is 12.5. The van der Waals surface area contributed by atoms with Crippen molar-refractivity contribution in [1.29, 1.82) is 0 Å². The average molecular weight is 439 g/mol. The van der Waals surface area contributed by atoms with Crippen LogP contribution < -0.4 is 10.1 Å². The topological polar surface area (TPSA) is 41.6 Å². The molecule has 0 bridgehead atoms. The van der Waals surface area contributed by atoms with Crippen molar-refractivity contribution in [2.24, 2.45) is 0 Å². The Morgan fingerprint density at radius 3 is 2.54 bits per heavy atom. The molecule has 1 N–H and O–H groups in total. The number of nitrogens with zero attached hydrogens (tertiary/aromatic N) is 1. The van der Waals surface area contributed by atoms with Crippen molar-refractivity contribution in [3.63, 3.8) is 0 Å². The molecule has 1 aromatic carbocycles. The molecule has 0 aliphatic rings. The van der Waals surface area contributed by atoms with Crippen molar-refractivity contribution in [2.75, 3.05) is 19.7 Å². The number of benzene rings is 1. The summed E-state index contributed by atoms with van der Waals surface area (Å²) in [6, 6.07) is 5.27. The zero-order valence-corrected chi connectivity index (χ0v) is 17.7. The number of rotatable bonds is 11. The van der Waals surface area contributed by atoms with E-state index in [-0.39, 0.29) is 5.91 Å². The van der Waals surface area contributed by atoms with Gasteiger partial charge in [0, 0.05) is 18.7 Å². The van der Waals surface area contributed by atoms with Gasteiger partial charge in [-0.2, -0.15) is 0 Å². The van der Waals surface area contributed by atoms with E-state index < -0.39 is 0 Å². The number of hydrogen-bond donors (Lipinski definition) is 1. The van der Waals surface area contributed by atoms with E-state index in [4.69, 9.17) is 17.0 Å². The van der Waals surface area contributed by atoms with Gasteiger partial charge in [-0.3, -0.25) is 10.1 Å². The van der Waals surface area contributed by atoms with E-state index in [0.29, 0.717) is 30.4 Å². The number of halogens is 1. The van der Waals surface area contributed by atoms with Gasteiger partial charge in [-0.1, -0.05) is 38.3 Å². The highest BCUT2D eigenvalue weighted by molar-refractivity contribution is 9.10. The van der Waals surface area contributed by atoms with Crippen LogP contribution in [0.4, 0.5) is 0 Å². The molecule has 0 unspecified atom stereocenters. The van der Waals surface area contributed by atoms with E-state index in [9.17, 15) is 4.79 Å². The van der Waals surface area contributed by atoms with Gasteiger partial charge in [0.15, 0.2) is 5.11 Å². The second-order valence-corrected chi connectivity index (χ2v) is 7.04. The fourth-order valence-electron chi connectivity index (χ4n) is 2.27. The highest BCUT2D eigenvalue weighted by Gasteiger charge is 2.14. The van der Waals surface area contributed by atoms with E-state index in [1.807, 2.05) is 0 Å². The van der Waals surface area contributed by atoms with E-state index in [1.54, 1.807) is 35.3 Å². The first kappa shape index (κ1) is 22.4. The van der Waals surface area contributed by atoms with Crippen LogP contribution in [0, 0.1) is 0 Å². The molecule has 4 nitrogen and oxygen atoms in total. The van der Waals surface area contributed by atoms with Gasteiger partial charge in [-0.25, -0.2) is 0 Å². The van der Waals surface area contributed by atoms with E-state index in [1.165, 1.54) is 12.8 Å². The summed E-state index contributed by atoms with van der Waals surface area (Å²) in [6.07, 6.45) is 8.07. The molecule has 6 heteroatoms. The summed E-state index contributed by atoms with van der Waals surface area (Å²) < 4.78 is 6.52. The molecule has 0 radical (unpaired) electrons. The second-order valence-electron chi connectivity index (χ2n) is 5.80. The molecule has 0 heterocycles. The molecule has 0 fully saturated rings. The standard InChI is InChI=1S/C20H27BrN2O2S/c1-4-7-8-9-14-25-18-11-10-16(15-17(18)21)19(24)22-20(26)23(12-5-2)13-6-3/h5-6,10-11,15H,2-4,7-9,12-14H2,1H3,(H,22,24,26). The van der Waals surface area contributed by atoms with Crippen LogP contribution in [0.2, 0.25) is 0 Å². The lowest BCUT2D eigenvalue weighted by Crippen LogP contribution is -2.42. The molecule has 0 aliphatic heterocycles. The van der Waals surface area contributed by atoms with Gasteiger partial charge in [-0.05, 0) is 52.8 Å². The van der Waals surface area contributed by atoms with Crippen LogP contribution in [0.5, 0.6) is 5.75 Å². The summed E-state index contributed by atoms with van der Waals surface area (Å²) in [7, 11) is 0. The van der Waals surface area contributed by atoms with Crippen molar-refractivity contribution < 1.29 is 9.53 Å². The first-order valence-corrected chi connectivity index (χ1v) is 9.98. The van der Waals surface area contributed by atoms with Gasteiger partial charge >= 0.3 is 0 Å². The predicted molar refractivity (Wildman–Crippen MR) is 116 cm³/mol. The Kier molecular flexibility index (Phi) is 10.9. The summed E-state index contributed by atoms with van der Waals surface area (Å²) in [5.41, 5.74) is 0.509. The highest BCUT2D eigenvalue weighted by Crippen LogP contribution is 2.26. The van der Waals surface area contributed by atoms with Gasteiger partial charge in [0.25, 0.3) is 5.91 Å². The monoisotopic (exact) mass is 438 g/mol. The lowest BCUT2D eigenvalue weighted by atomic mass is 10.2. The van der Waals surface area contributed by atoms with Gasteiger partial charge in [0.05, 0.1) is 11.1 Å². The molecule has 0 atom stereocenters. The van der Waals surface area contributed by atoms with Crippen LogP contribution in [0.1, 0.15) is 43.0 Å². The molecule has 26 heavy (non-hydrogen) atoms. The Morgan fingerprint density at radius 1 is 1.27 bits per heavy atom. The third-order valence-corrected chi connectivity index (χ3v) is 4.64. The summed E-state index contributed by atoms with van der Waals surface area (Å²) in [4.78, 5) is 14.2. The molecule has 0 spiro atoms. The minimum atomic E-state index is -0.261. The maximum atomic E-state index is 12.4. The second kappa shape index (κ2) is 12.7. The SMILES string of the molecule is C=CCN(CC=C)C(=S)NC(=O)c1ccc(OCCCCCC)c(Br)c1. The number of carbonyl (C=O) groups is 1. The van der Waals surface area contributed by atoms with Crippen molar-refractivity contribution >= 4 is 39.2 Å². The number of ether oxygens (including phenoxy) is 1. The Balaban J connectivity index is 2.64. The van der Waals surface area contributed by atoms with Crippen LogP contribution in [0.3, 0.4) is 0 Å². The normalized spacial score (nSPS) is 10.1. The number of nitrogens with one attached hydrogen (secondary N) is 1. The third kappa shape index (κ3) is 7.70. The average Bonchev–Trinajstić information content (AvgIpc) is 2.62. The number of carbonyl (C=O) groups excluding carboxylic acids is 1. The molecule has 0 saturated carbocycles. The van der Waals surface area contributed by atoms with Gasteiger partial charge < -0.3 is 9.64 Å². The molecule has 142 valence electrons. The zero-order chi connectivity index (χ0) is 19.4. The molecule has 0 aromatic heterocycles. The third-order valence-electron chi connectivity index (χ3n) is 3.66. The Hall–Kier alpha value is -1.66.